The van der Waals surface area contributed by atoms with Crippen LogP contribution in [-0.2, 0) is 14.4 Å². The van der Waals surface area contributed by atoms with Crippen LogP contribution in [-0.4, -0.2) is 17.5 Å². The number of anilines is 1. The van der Waals surface area contributed by atoms with Gasteiger partial charge >= 0.3 is 0 Å². The molecule has 54 heavy (non-hydrogen) atoms. The number of amides is 1. The maximum Gasteiger partial charge on any atom is 0.221 e. The molecule has 6 aromatic rings. The van der Waals surface area contributed by atoms with Gasteiger partial charge in [0, 0.05) is 81.5 Å². The Morgan fingerprint density at radius 3 is 1.22 bits per heavy atom. The average Bonchev–Trinajstić information content (AvgIpc) is 3.20. The minimum Gasteiger partial charge on any atom is -0.457 e. The SMILES string of the molecule is CC(=O)Nc1ccc2c(c1)C1C3=C(C(=O)C(C4c5ccccc5Oc5ccccc54)C(C4c5ccccc5Oc5ccccc54)C3=O)C2c2ccccc21. The molecule has 0 aromatic heterocycles. The summed E-state index contributed by atoms with van der Waals surface area (Å²) in [6.07, 6.45) is 0. The van der Waals surface area contributed by atoms with Gasteiger partial charge in [-0.25, -0.2) is 0 Å². The van der Waals surface area contributed by atoms with Crippen molar-refractivity contribution in [2.45, 2.75) is 30.6 Å². The van der Waals surface area contributed by atoms with E-state index in [2.05, 4.69) is 17.4 Å². The maximum atomic E-state index is 16.2. The number of allylic oxidation sites excluding steroid dienone is 2. The molecule has 4 unspecified atom stereocenters. The molecule has 4 aliphatic carbocycles. The lowest BCUT2D eigenvalue weighted by Gasteiger charge is -2.50. The zero-order valence-electron chi connectivity index (χ0n) is 29.3. The third-order valence-electron chi connectivity index (χ3n) is 12.2. The Labute approximate surface area is 312 Å². The van der Waals surface area contributed by atoms with Gasteiger partial charge in [0.2, 0.25) is 5.91 Å². The van der Waals surface area contributed by atoms with Crippen LogP contribution in [0.3, 0.4) is 0 Å². The molecule has 0 radical (unpaired) electrons. The first-order valence-electron chi connectivity index (χ1n) is 18.5. The maximum absolute atomic E-state index is 16.2. The Morgan fingerprint density at radius 1 is 0.463 bits per heavy atom. The van der Waals surface area contributed by atoms with Crippen LogP contribution in [0, 0.1) is 11.8 Å². The van der Waals surface area contributed by atoms with Crippen molar-refractivity contribution in [2.75, 3.05) is 5.32 Å². The molecule has 0 saturated heterocycles. The topological polar surface area (TPSA) is 81.7 Å². The molecule has 2 aliphatic heterocycles. The lowest BCUT2D eigenvalue weighted by Crippen LogP contribution is -2.49. The predicted octanol–water partition coefficient (Wildman–Crippen LogP) is 9.79. The molecule has 2 heterocycles. The predicted molar refractivity (Wildman–Crippen MR) is 204 cm³/mol. The number of ketones is 2. The first-order valence-corrected chi connectivity index (χ1v) is 18.5. The van der Waals surface area contributed by atoms with Crippen molar-refractivity contribution in [3.63, 3.8) is 0 Å². The number of carbonyl (C=O) groups excluding carboxylic acids is 3. The monoisotopic (exact) mass is 703 g/mol. The van der Waals surface area contributed by atoms with Crippen molar-refractivity contribution in [1.29, 1.82) is 0 Å². The summed E-state index contributed by atoms with van der Waals surface area (Å²) in [5.74, 6) is -0.795. The summed E-state index contributed by atoms with van der Waals surface area (Å²) in [5.41, 5.74) is 9.44. The molecule has 6 aliphatic rings. The number of hydrogen-bond acceptors (Lipinski definition) is 5. The second-order valence-electron chi connectivity index (χ2n) is 14.9. The molecule has 4 atom stereocenters. The smallest absolute Gasteiger partial charge is 0.221 e. The summed E-state index contributed by atoms with van der Waals surface area (Å²) < 4.78 is 13.0. The summed E-state index contributed by atoms with van der Waals surface area (Å²) in [6.45, 7) is 1.49. The van der Waals surface area contributed by atoms with Gasteiger partial charge < -0.3 is 14.8 Å². The highest BCUT2D eigenvalue weighted by Gasteiger charge is 2.59. The van der Waals surface area contributed by atoms with E-state index < -0.39 is 35.5 Å². The number of hydrogen-bond donors (Lipinski definition) is 1. The van der Waals surface area contributed by atoms with E-state index >= 15 is 9.59 Å². The van der Waals surface area contributed by atoms with Gasteiger partial charge in [0.15, 0.2) is 11.6 Å². The van der Waals surface area contributed by atoms with Gasteiger partial charge in [-0.3, -0.25) is 14.4 Å². The van der Waals surface area contributed by atoms with E-state index in [0.717, 1.165) is 44.5 Å². The number of ether oxygens (including phenoxy) is 2. The Hall–Kier alpha value is -6.53. The summed E-state index contributed by atoms with van der Waals surface area (Å²) in [4.78, 5) is 44.6. The first kappa shape index (κ1) is 31.0. The van der Waals surface area contributed by atoms with Crippen LogP contribution in [0.1, 0.15) is 75.1 Å². The molecule has 0 fully saturated rings. The second kappa shape index (κ2) is 11.5. The fourth-order valence-corrected chi connectivity index (χ4v) is 10.3. The van der Waals surface area contributed by atoms with Crippen molar-refractivity contribution in [3.8, 4) is 23.0 Å². The minimum atomic E-state index is -0.778. The Kier molecular flexibility index (Phi) is 6.60. The Balaban J connectivity index is 1.21. The van der Waals surface area contributed by atoms with Crippen LogP contribution in [0.15, 0.2) is 151 Å². The molecule has 6 heteroatoms. The normalized spacial score (nSPS) is 21.6. The van der Waals surface area contributed by atoms with Gasteiger partial charge in [-0.2, -0.15) is 0 Å². The number of nitrogens with one attached hydrogen (secondary N) is 1. The van der Waals surface area contributed by atoms with Crippen molar-refractivity contribution < 1.29 is 23.9 Å². The van der Waals surface area contributed by atoms with Crippen molar-refractivity contribution in [3.05, 3.63) is 195 Å². The molecule has 6 nitrogen and oxygen atoms in total. The van der Waals surface area contributed by atoms with E-state index in [1.54, 1.807) is 0 Å². The van der Waals surface area contributed by atoms with E-state index in [1.165, 1.54) is 6.92 Å². The molecule has 0 spiro atoms. The number of rotatable bonds is 3. The summed E-state index contributed by atoms with van der Waals surface area (Å²) in [6, 6.07) is 45.8. The number of fused-ring (bicyclic) bond motifs is 4. The Bertz CT molecular complexity index is 2580. The lowest BCUT2D eigenvalue weighted by atomic mass is 9.51. The fraction of sp³-hybridized carbons (Fsp3) is 0.146. The number of carbonyl (C=O) groups is 3. The zero-order valence-corrected chi connectivity index (χ0v) is 29.3. The number of Topliss-reactive ketones (excluding diaryl/α,β-unsaturated/α-hetero) is 2. The third-order valence-corrected chi connectivity index (χ3v) is 12.2. The largest absolute Gasteiger partial charge is 0.457 e. The van der Waals surface area contributed by atoms with Gasteiger partial charge in [-0.1, -0.05) is 103 Å². The highest BCUT2D eigenvalue weighted by Crippen LogP contribution is 2.64. The van der Waals surface area contributed by atoms with Gasteiger partial charge in [0.05, 0.1) is 0 Å². The molecule has 0 saturated carbocycles. The molecule has 12 rings (SSSR count). The highest BCUT2D eigenvalue weighted by molar-refractivity contribution is 6.18. The van der Waals surface area contributed by atoms with Crippen LogP contribution in [0.4, 0.5) is 5.69 Å². The summed E-state index contributed by atoms with van der Waals surface area (Å²) >= 11 is 0. The number of para-hydroxylation sites is 4. The van der Waals surface area contributed by atoms with E-state index in [1.807, 2.05) is 127 Å². The van der Waals surface area contributed by atoms with Crippen molar-refractivity contribution in [2.24, 2.45) is 11.8 Å². The summed E-state index contributed by atoms with van der Waals surface area (Å²) in [7, 11) is 0. The van der Waals surface area contributed by atoms with Crippen LogP contribution in [0.25, 0.3) is 0 Å². The molecule has 1 N–H and O–H groups in total. The lowest BCUT2D eigenvalue weighted by molar-refractivity contribution is -0.132. The van der Waals surface area contributed by atoms with Gasteiger partial charge in [0.1, 0.15) is 23.0 Å². The van der Waals surface area contributed by atoms with Crippen LogP contribution >= 0.6 is 0 Å². The van der Waals surface area contributed by atoms with Crippen LogP contribution in [0.5, 0.6) is 23.0 Å². The molecular formula is C48H33NO5. The third kappa shape index (κ3) is 4.25. The Morgan fingerprint density at radius 2 is 0.815 bits per heavy atom. The van der Waals surface area contributed by atoms with E-state index in [-0.39, 0.29) is 17.5 Å². The van der Waals surface area contributed by atoms with E-state index in [0.29, 0.717) is 39.8 Å². The number of benzene rings is 6. The first-order chi connectivity index (χ1) is 26.5. The zero-order chi connectivity index (χ0) is 36.2. The standard InChI is InChI=1S/C48H33NO5/c1-25(50)49-26-22-23-29-34(24-26)40-28-13-3-2-12-27(28)39(29)43-44(40)48(52)46(42-32-16-6-10-20-37(32)54-38-21-11-7-17-33(38)42)45(47(43)51)41-30-14-4-8-18-35(30)53-36-19-9-5-15-31(36)41/h2-24,39-42,45-46H,1H3,(H,49,50). The molecule has 6 aromatic carbocycles. The second-order valence-corrected chi connectivity index (χ2v) is 14.9. The molecule has 2 bridgehead atoms. The molecule has 260 valence electrons. The van der Waals surface area contributed by atoms with E-state index in [9.17, 15) is 4.79 Å². The average molecular weight is 704 g/mol. The van der Waals surface area contributed by atoms with E-state index in [4.69, 9.17) is 9.47 Å². The van der Waals surface area contributed by atoms with Gasteiger partial charge in [0.25, 0.3) is 0 Å². The van der Waals surface area contributed by atoms with Crippen LogP contribution in [0.2, 0.25) is 0 Å². The van der Waals surface area contributed by atoms with Crippen LogP contribution < -0.4 is 14.8 Å². The van der Waals surface area contributed by atoms with Crippen molar-refractivity contribution >= 4 is 23.2 Å². The van der Waals surface area contributed by atoms with Gasteiger partial charge in [-0.05, 0) is 58.7 Å². The fourth-order valence-electron chi connectivity index (χ4n) is 10.3. The molecular weight excluding hydrogens is 671 g/mol. The minimum absolute atomic E-state index is 0.00588. The highest BCUT2D eigenvalue weighted by atomic mass is 16.5. The quantitative estimate of drug-likeness (QED) is 0.199. The van der Waals surface area contributed by atoms with Crippen molar-refractivity contribution in [1.82, 2.24) is 0 Å². The van der Waals surface area contributed by atoms with Gasteiger partial charge in [-0.15, -0.1) is 0 Å². The molecule has 1 amide bonds. The summed E-state index contributed by atoms with van der Waals surface area (Å²) in [5, 5.41) is 2.95.